The molecule has 1 atom stereocenters. The second-order valence-electron chi connectivity index (χ2n) is 5.85. The van der Waals surface area contributed by atoms with Crippen LogP contribution in [0.5, 0.6) is 0 Å². The zero-order valence-corrected chi connectivity index (χ0v) is 12.3. The molecule has 0 aliphatic carbocycles. The highest BCUT2D eigenvalue weighted by molar-refractivity contribution is 5.87. The SMILES string of the molecule is CC(=O)N1CCC(NC(=O)C2Cc3ccccc3N2)CC1. The van der Waals surface area contributed by atoms with E-state index in [0.29, 0.717) is 0 Å². The Balaban J connectivity index is 1.51. The number of carbonyl (C=O) groups excluding carboxylic acids is 2. The van der Waals surface area contributed by atoms with Crippen LogP contribution in [0.15, 0.2) is 24.3 Å². The minimum atomic E-state index is -0.173. The number of piperidine rings is 1. The molecule has 2 aliphatic heterocycles. The molecule has 0 aromatic heterocycles. The maximum Gasteiger partial charge on any atom is 0.243 e. The smallest absolute Gasteiger partial charge is 0.243 e. The maximum absolute atomic E-state index is 12.3. The number of amides is 2. The molecule has 0 saturated carbocycles. The maximum atomic E-state index is 12.3. The first-order valence-corrected chi connectivity index (χ1v) is 7.54. The van der Waals surface area contributed by atoms with Gasteiger partial charge in [0.25, 0.3) is 0 Å². The number of fused-ring (bicyclic) bond motifs is 1. The van der Waals surface area contributed by atoms with Crippen LogP contribution in [0, 0.1) is 0 Å². The number of nitrogens with one attached hydrogen (secondary N) is 2. The summed E-state index contributed by atoms with van der Waals surface area (Å²) in [5, 5.41) is 6.39. The predicted molar refractivity (Wildman–Crippen MR) is 81.0 cm³/mol. The van der Waals surface area contributed by atoms with Crippen LogP contribution in [0.4, 0.5) is 5.69 Å². The highest BCUT2D eigenvalue weighted by Crippen LogP contribution is 2.25. The molecule has 112 valence electrons. The third kappa shape index (κ3) is 3.01. The van der Waals surface area contributed by atoms with Crippen molar-refractivity contribution in [3.63, 3.8) is 0 Å². The summed E-state index contributed by atoms with van der Waals surface area (Å²) in [6.45, 7) is 3.07. The van der Waals surface area contributed by atoms with E-state index in [0.717, 1.165) is 38.0 Å². The third-order valence-electron chi connectivity index (χ3n) is 4.37. The Bertz CT molecular complexity index is 525. The lowest BCUT2D eigenvalue weighted by Crippen LogP contribution is -2.49. The van der Waals surface area contributed by atoms with Crippen molar-refractivity contribution < 1.29 is 9.59 Å². The van der Waals surface area contributed by atoms with Crippen LogP contribution in [0.2, 0.25) is 0 Å². The van der Waals surface area contributed by atoms with Gasteiger partial charge in [-0.25, -0.2) is 0 Å². The zero-order chi connectivity index (χ0) is 14.8. The van der Waals surface area contributed by atoms with E-state index in [2.05, 4.69) is 16.7 Å². The van der Waals surface area contributed by atoms with Gasteiger partial charge in [0.1, 0.15) is 6.04 Å². The molecule has 2 aliphatic rings. The molecule has 1 unspecified atom stereocenters. The molecular formula is C16H21N3O2. The van der Waals surface area contributed by atoms with Gasteiger partial charge in [-0.2, -0.15) is 0 Å². The predicted octanol–water partition coefficient (Wildman–Crippen LogP) is 1.15. The van der Waals surface area contributed by atoms with Gasteiger partial charge in [-0.3, -0.25) is 9.59 Å². The molecule has 3 rings (SSSR count). The molecule has 1 aromatic rings. The van der Waals surface area contributed by atoms with Crippen molar-refractivity contribution in [2.45, 2.75) is 38.3 Å². The standard InChI is InChI=1S/C16H21N3O2/c1-11(20)19-8-6-13(7-9-19)17-16(21)15-10-12-4-2-3-5-14(12)18-15/h2-5,13,15,18H,6-10H2,1H3,(H,17,21). The molecule has 1 aromatic carbocycles. The number of anilines is 1. The van der Waals surface area contributed by atoms with Gasteiger partial charge in [-0.05, 0) is 24.5 Å². The number of likely N-dealkylation sites (tertiary alicyclic amines) is 1. The van der Waals surface area contributed by atoms with Crippen molar-refractivity contribution >= 4 is 17.5 Å². The molecule has 2 heterocycles. The second kappa shape index (κ2) is 5.76. The highest BCUT2D eigenvalue weighted by atomic mass is 16.2. The Hall–Kier alpha value is -2.04. The normalized spacial score (nSPS) is 21.6. The summed E-state index contributed by atoms with van der Waals surface area (Å²) in [5.74, 6) is 0.181. The number of rotatable bonds is 2. The summed E-state index contributed by atoms with van der Waals surface area (Å²) in [5.41, 5.74) is 2.26. The number of carbonyl (C=O) groups is 2. The minimum Gasteiger partial charge on any atom is -0.373 e. The zero-order valence-electron chi connectivity index (χ0n) is 12.3. The summed E-state index contributed by atoms with van der Waals surface area (Å²) in [6.07, 6.45) is 2.42. The monoisotopic (exact) mass is 287 g/mol. The first-order chi connectivity index (χ1) is 10.1. The van der Waals surface area contributed by atoms with Gasteiger partial charge in [0.05, 0.1) is 0 Å². The summed E-state index contributed by atoms with van der Waals surface area (Å²) in [4.78, 5) is 25.5. The van der Waals surface area contributed by atoms with Crippen LogP contribution in [0.25, 0.3) is 0 Å². The van der Waals surface area contributed by atoms with Crippen molar-refractivity contribution in [1.29, 1.82) is 0 Å². The first-order valence-electron chi connectivity index (χ1n) is 7.54. The van der Waals surface area contributed by atoms with Gasteiger partial charge in [0, 0.05) is 38.2 Å². The Morgan fingerprint density at radius 2 is 1.95 bits per heavy atom. The van der Waals surface area contributed by atoms with Gasteiger partial charge >= 0.3 is 0 Å². The Morgan fingerprint density at radius 3 is 2.62 bits per heavy atom. The Kier molecular flexibility index (Phi) is 3.82. The number of nitrogens with zero attached hydrogens (tertiary/aromatic N) is 1. The van der Waals surface area contributed by atoms with E-state index in [4.69, 9.17) is 0 Å². The van der Waals surface area contributed by atoms with E-state index in [-0.39, 0.29) is 23.9 Å². The van der Waals surface area contributed by atoms with E-state index in [1.165, 1.54) is 5.56 Å². The minimum absolute atomic E-state index is 0.0625. The van der Waals surface area contributed by atoms with Crippen molar-refractivity contribution in [2.24, 2.45) is 0 Å². The molecule has 21 heavy (non-hydrogen) atoms. The number of para-hydroxylation sites is 1. The lowest BCUT2D eigenvalue weighted by atomic mass is 10.0. The quantitative estimate of drug-likeness (QED) is 0.858. The van der Waals surface area contributed by atoms with E-state index in [1.54, 1.807) is 6.92 Å². The molecule has 2 amide bonds. The van der Waals surface area contributed by atoms with E-state index in [1.807, 2.05) is 23.1 Å². The largest absolute Gasteiger partial charge is 0.373 e. The molecule has 1 saturated heterocycles. The van der Waals surface area contributed by atoms with Crippen LogP contribution < -0.4 is 10.6 Å². The number of hydrogen-bond donors (Lipinski definition) is 2. The topological polar surface area (TPSA) is 61.4 Å². The number of hydrogen-bond acceptors (Lipinski definition) is 3. The van der Waals surface area contributed by atoms with Gasteiger partial charge < -0.3 is 15.5 Å². The molecule has 2 N–H and O–H groups in total. The fraction of sp³-hybridized carbons (Fsp3) is 0.500. The van der Waals surface area contributed by atoms with Crippen molar-refractivity contribution in [1.82, 2.24) is 10.2 Å². The summed E-state index contributed by atoms with van der Waals surface area (Å²) in [6, 6.07) is 8.04. The fourth-order valence-electron chi connectivity index (χ4n) is 3.10. The van der Waals surface area contributed by atoms with E-state index in [9.17, 15) is 9.59 Å². The van der Waals surface area contributed by atoms with Gasteiger partial charge in [-0.15, -0.1) is 0 Å². The van der Waals surface area contributed by atoms with Crippen molar-refractivity contribution in [2.75, 3.05) is 18.4 Å². The molecule has 0 spiro atoms. The molecule has 0 radical (unpaired) electrons. The number of benzene rings is 1. The van der Waals surface area contributed by atoms with E-state index >= 15 is 0 Å². The molecule has 1 fully saturated rings. The van der Waals surface area contributed by atoms with Crippen LogP contribution in [0.1, 0.15) is 25.3 Å². The second-order valence-corrected chi connectivity index (χ2v) is 5.85. The van der Waals surface area contributed by atoms with Crippen molar-refractivity contribution in [3.05, 3.63) is 29.8 Å². The first kappa shape index (κ1) is 13.9. The van der Waals surface area contributed by atoms with Crippen LogP contribution in [0.3, 0.4) is 0 Å². The Labute approximate surface area is 124 Å². The van der Waals surface area contributed by atoms with Crippen LogP contribution in [-0.2, 0) is 16.0 Å². The third-order valence-corrected chi connectivity index (χ3v) is 4.37. The Morgan fingerprint density at radius 1 is 1.24 bits per heavy atom. The molecular weight excluding hydrogens is 266 g/mol. The van der Waals surface area contributed by atoms with Crippen molar-refractivity contribution in [3.8, 4) is 0 Å². The summed E-state index contributed by atoms with van der Waals surface area (Å²) in [7, 11) is 0. The molecule has 0 bridgehead atoms. The van der Waals surface area contributed by atoms with Crippen LogP contribution >= 0.6 is 0 Å². The average molecular weight is 287 g/mol. The fourth-order valence-corrected chi connectivity index (χ4v) is 3.10. The lowest BCUT2D eigenvalue weighted by Gasteiger charge is -2.32. The summed E-state index contributed by atoms with van der Waals surface area (Å²) >= 11 is 0. The van der Waals surface area contributed by atoms with Gasteiger partial charge in [0.15, 0.2) is 0 Å². The van der Waals surface area contributed by atoms with Crippen LogP contribution in [-0.4, -0.2) is 41.9 Å². The lowest BCUT2D eigenvalue weighted by molar-refractivity contribution is -0.130. The van der Waals surface area contributed by atoms with E-state index < -0.39 is 0 Å². The molecule has 5 heteroatoms. The highest BCUT2D eigenvalue weighted by Gasteiger charge is 2.29. The molecule has 5 nitrogen and oxygen atoms in total. The summed E-state index contributed by atoms with van der Waals surface area (Å²) < 4.78 is 0. The van der Waals surface area contributed by atoms with Gasteiger partial charge in [0.2, 0.25) is 11.8 Å². The van der Waals surface area contributed by atoms with Gasteiger partial charge in [-0.1, -0.05) is 18.2 Å². The average Bonchev–Trinajstić information content (AvgIpc) is 2.92.